The lowest BCUT2D eigenvalue weighted by molar-refractivity contribution is -0.121. The number of methoxy groups -OCH3 is 1. The molecular formula is C15H22Cl2N2O4S. The summed E-state index contributed by atoms with van der Waals surface area (Å²) in [6, 6.07) is 5.16. The van der Waals surface area contributed by atoms with Gasteiger partial charge in [-0.15, -0.1) is 0 Å². The number of hydrogen-bond acceptors (Lipinski definition) is 4. The highest BCUT2D eigenvalue weighted by atomic mass is 35.5. The number of sulfonamides is 1. The number of carbonyl (C=O) groups excluding carboxylic acids is 1. The Labute approximate surface area is 153 Å². The Balaban J connectivity index is 2.48. The van der Waals surface area contributed by atoms with Crippen LogP contribution in [0, 0.1) is 0 Å². The van der Waals surface area contributed by atoms with Crippen LogP contribution in [-0.2, 0) is 26.0 Å². The molecule has 1 N–H and O–H groups in total. The minimum absolute atomic E-state index is 0.211. The molecule has 0 radical (unpaired) electrons. The van der Waals surface area contributed by atoms with Crippen molar-refractivity contribution in [3.63, 3.8) is 0 Å². The average molecular weight is 397 g/mol. The van der Waals surface area contributed by atoms with E-state index in [2.05, 4.69) is 5.32 Å². The van der Waals surface area contributed by atoms with Crippen LogP contribution in [0.2, 0.25) is 10.0 Å². The van der Waals surface area contributed by atoms with Gasteiger partial charge in [-0.2, -0.15) is 4.31 Å². The fourth-order valence-corrected chi connectivity index (χ4v) is 3.34. The molecule has 0 bridgehead atoms. The minimum atomic E-state index is -3.45. The van der Waals surface area contributed by atoms with Gasteiger partial charge < -0.3 is 10.1 Å². The summed E-state index contributed by atoms with van der Waals surface area (Å²) in [7, 11) is -1.91. The molecule has 0 heterocycles. The predicted octanol–water partition coefficient (Wildman–Crippen LogP) is 1.95. The van der Waals surface area contributed by atoms with Gasteiger partial charge in [-0.25, -0.2) is 8.42 Å². The second-order valence-corrected chi connectivity index (χ2v) is 8.10. The van der Waals surface area contributed by atoms with E-state index in [4.69, 9.17) is 27.9 Å². The standard InChI is InChI=1S/C15H22Cl2N2O4S/c1-23-9-3-8-19(24(2,21)22)11-15(20)18-7-6-12-4-5-13(16)10-14(12)17/h4-5,10H,3,6-9,11H2,1-2H3,(H,18,20). The van der Waals surface area contributed by atoms with Crippen molar-refractivity contribution in [3.8, 4) is 0 Å². The third kappa shape index (κ3) is 7.81. The Morgan fingerprint density at radius 3 is 2.62 bits per heavy atom. The highest BCUT2D eigenvalue weighted by Crippen LogP contribution is 2.21. The van der Waals surface area contributed by atoms with Gasteiger partial charge in [0, 0.05) is 36.9 Å². The smallest absolute Gasteiger partial charge is 0.235 e. The molecule has 0 saturated carbocycles. The second-order valence-electron chi connectivity index (χ2n) is 5.28. The number of hydrogen-bond donors (Lipinski definition) is 1. The maximum absolute atomic E-state index is 12.0. The number of carbonyl (C=O) groups is 1. The van der Waals surface area contributed by atoms with Crippen molar-refractivity contribution in [2.45, 2.75) is 12.8 Å². The highest BCUT2D eigenvalue weighted by molar-refractivity contribution is 7.88. The minimum Gasteiger partial charge on any atom is -0.385 e. The lowest BCUT2D eigenvalue weighted by Gasteiger charge is -2.19. The molecule has 1 aromatic carbocycles. The van der Waals surface area contributed by atoms with Crippen LogP contribution in [0.15, 0.2) is 18.2 Å². The molecule has 24 heavy (non-hydrogen) atoms. The van der Waals surface area contributed by atoms with Crippen LogP contribution in [0.4, 0.5) is 0 Å². The highest BCUT2D eigenvalue weighted by Gasteiger charge is 2.19. The maximum atomic E-state index is 12.0. The van der Waals surface area contributed by atoms with E-state index in [0.717, 1.165) is 16.1 Å². The molecule has 1 rings (SSSR count). The van der Waals surface area contributed by atoms with Gasteiger partial charge in [0.05, 0.1) is 12.8 Å². The second kappa shape index (κ2) is 10.2. The van der Waals surface area contributed by atoms with Crippen LogP contribution in [0.5, 0.6) is 0 Å². The number of halogens is 2. The zero-order valence-corrected chi connectivity index (χ0v) is 16.0. The number of benzene rings is 1. The van der Waals surface area contributed by atoms with E-state index in [9.17, 15) is 13.2 Å². The Bertz CT molecular complexity index is 653. The maximum Gasteiger partial charge on any atom is 0.235 e. The van der Waals surface area contributed by atoms with Crippen LogP contribution in [-0.4, -0.2) is 58.2 Å². The molecule has 6 nitrogen and oxygen atoms in total. The monoisotopic (exact) mass is 396 g/mol. The molecule has 0 aliphatic rings. The van der Waals surface area contributed by atoms with Crippen molar-refractivity contribution in [3.05, 3.63) is 33.8 Å². The summed E-state index contributed by atoms with van der Waals surface area (Å²) in [4.78, 5) is 12.0. The van der Waals surface area contributed by atoms with Crippen molar-refractivity contribution >= 4 is 39.1 Å². The van der Waals surface area contributed by atoms with E-state index in [-0.39, 0.29) is 19.0 Å². The van der Waals surface area contributed by atoms with Crippen molar-refractivity contribution in [2.24, 2.45) is 0 Å². The molecule has 0 aromatic heterocycles. The summed E-state index contributed by atoms with van der Waals surface area (Å²) in [5, 5.41) is 3.78. The van der Waals surface area contributed by atoms with Gasteiger partial charge >= 0.3 is 0 Å². The van der Waals surface area contributed by atoms with E-state index in [1.807, 2.05) is 0 Å². The SMILES string of the molecule is COCCCN(CC(=O)NCCc1ccc(Cl)cc1Cl)S(C)(=O)=O. The Kier molecular flexibility index (Phi) is 9.01. The molecule has 0 aliphatic carbocycles. The molecule has 9 heteroatoms. The largest absolute Gasteiger partial charge is 0.385 e. The van der Waals surface area contributed by atoms with E-state index in [0.29, 0.717) is 36.0 Å². The Morgan fingerprint density at radius 2 is 2.04 bits per heavy atom. The topological polar surface area (TPSA) is 75.7 Å². The van der Waals surface area contributed by atoms with Crippen LogP contribution in [0.25, 0.3) is 0 Å². The average Bonchev–Trinajstić information content (AvgIpc) is 2.47. The first kappa shape index (κ1) is 21.2. The van der Waals surface area contributed by atoms with Crippen molar-refractivity contribution < 1.29 is 17.9 Å². The zero-order valence-electron chi connectivity index (χ0n) is 13.7. The Morgan fingerprint density at radius 1 is 1.33 bits per heavy atom. The first-order chi connectivity index (χ1) is 11.2. The molecule has 0 aliphatic heterocycles. The fourth-order valence-electron chi connectivity index (χ4n) is 2.02. The van der Waals surface area contributed by atoms with Crippen LogP contribution < -0.4 is 5.32 Å². The quantitative estimate of drug-likeness (QED) is 0.613. The van der Waals surface area contributed by atoms with Crippen molar-refractivity contribution in [1.29, 1.82) is 0 Å². The van der Waals surface area contributed by atoms with Gasteiger partial charge in [-0.1, -0.05) is 29.3 Å². The van der Waals surface area contributed by atoms with Crippen LogP contribution >= 0.6 is 23.2 Å². The third-order valence-corrected chi connectivity index (χ3v) is 5.11. The molecule has 0 spiro atoms. The molecule has 0 atom stereocenters. The van der Waals surface area contributed by atoms with Gasteiger partial charge in [-0.3, -0.25) is 4.79 Å². The van der Waals surface area contributed by atoms with Gasteiger partial charge in [0.1, 0.15) is 0 Å². The number of nitrogens with zero attached hydrogens (tertiary/aromatic N) is 1. The summed E-state index contributed by atoms with van der Waals surface area (Å²) < 4.78 is 29.5. The molecule has 0 unspecified atom stereocenters. The molecular weight excluding hydrogens is 375 g/mol. The van der Waals surface area contributed by atoms with Gasteiger partial charge in [0.15, 0.2) is 0 Å². The lowest BCUT2D eigenvalue weighted by atomic mass is 10.1. The first-order valence-electron chi connectivity index (χ1n) is 7.38. The summed E-state index contributed by atoms with van der Waals surface area (Å²) in [5.74, 6) is -0.358. The van der Waals surface area contributed by atoms with Gasteiger partial charge in [0.25, 0.3) is 0 Å². The summed E-state index contributed by atoms with van der Waals surface area (Å²) >= 11 is 11.9. The number of amides is 1. The fraction of sp³-hybridized carbons (Fsp3) is 0.533. The molecule has 1 amide bonds. The van der Waals surface area contributed by atoms with E-state index in [1.165, 1.54) is 0 Å². The van der Waals surface area contributed by atoms with Crippen LogP contribution in [0.1, 0.15) is 12.0 Å². The predicted molar refractivity (Wildman–Crippen MR) is 96.1 cm³/mol. The number of ether oxygens (including phenoxy) is 1. The zero-order chi connectivity index (χ0) is 18.2. The van der Waals surface area contributed by atoms with Crippen LogP contribution in [0.3, 0.4) is 0 Å². The third-order valence-electron chi connectivity index (χ3n) is 3.28. The first-order valence-corrected chi connectivity index (χ1v) is 9.99. The number of nitrogens with one attached hydrogen (secondary N) is 1. The van der Waals surface area contributed by atoms with Gasteiger partial charge in [-0.05, 0) is 30.5 Å². The summed E-state index contributed by atoms with van der Waals surface area (Å²) in [5.41, 5.74) is 0.862. The molecule has 136 valence electrons. The summed E-state index contributed by atoms with van der Waals surface area (Å²) in [6.07, 6.45) is 2.14. The van der Waals surface area contributed by atoms with Gasteiger partial charge in [0.2, 0.25) is 15.9 Å². The Hall–Kier alpha value is -0.860. The van der Waals surface area contributed by atoms with E-state index in [1.54, 1.807) is 25.3 Å². The normalized spacial score (nSPS) is 11.7. The molecule has 1 aromatic rings. The van der Waals surface area contributed by atoms with E-state index >= 15 is 0 Å². The van der Waals surface area contributed by atoms with Crippen molar-refractivity contribution in [1.82, 2.24) is 9.62 Å². The number of rotatable bonds is 10. The van der Waals surface area contributed by atoms with E-state index < -0.39 is 10.0 Å². The van der Waals surface area contributed by atoms with Crippen molar-refractivity contribution in [2.75, 3.05) is 39.6 Å². The molecule has 0 saturated heterocycles. The lowest BCUT2D eigenvalue weighted by Crippen LogP contribution is -2.41. The summed E-state index contributed by atoms with van der Waals surface area (Å²) in [6.45, 7) is 0.818. The molecule has 0 fully saturated rings.